The summed E-state index contributed by atoms with van der Waals surface area (Å²) in [5.41, 5.74) is 1.51. The number of carboxylic acids is 1. The first-order valence-electron chi connectivity index (χ1n) is 22.7. The van der Waals surface area contributed by atoms with Crippen LogP contribution in [0.25, 0.3) is 10.8 Å². The standard InChI is InChI=1S/C51H64N8O10.B2/c1-29(53-44(66)48(3,4)52)40(61)57-50(7,8)46(68)56-38(28-32-22-23-33-16-14-15-19-36(33)26-32)42(63)59-51(9,10)47(69)55-37(41(62)58-49(5,6)45(67)54-30(2)43(64)65)27-31-20-24-35(25-21-31)39(60)34-17-12-11-13-18-34;1-2/h11-26,29-30,37-38H,27-28,52H2,1-10H3,(H,53,66)(H,54,67)(H,55,69)(H,56,68)(H,57,61)(H,58,62)(H,59,63)(H,64,65);. The molecule has 0 aliphatic rings. The van der Waals surface area contributed by atoms with Crippen LogP contribution in [-0.4, -0.2) is 120 Å². The van der Waals surface area contributed by atoms with E-state index in [2.05, 4.69) is 52.7 Å². The molecule has 4 radical (unpaired) electrons. The van der Waals surface area contributed by atoms with Gasteiger partial charge in [-0.2, -0.15) is 0 Å². The van der Waals surface area contributed by atoms with Crippen molar-refractivity contribution in [1.29, 1.82) is 0 Å². The van der Waals surface area contributed by atoms with Crippen LogP contribution < -0.4 is 43.0 Å². The van der Waals surface area contributed by atoms with Crippen molar-refractivity contribution in [3.05, 3.63) is 119 Å². The number of hydrogen-bond acceptors (Lipinski definition) is 10. The highest BCUT2D eigenvalue weighted by Crippen LogP contribution is 2.19. The summed E-state index contributed by atoms with van der Waals surface area (Å²) >= 11 is 0. The summed E-state index contributed by atoms with van der Waals surface area (Å²) in [7, 11) is 8.00. The Bertz CT molecular complexity index is 2600. The number of aliphatic carboxylic acids is 1. The SMILES string of the molecule is CC(NC(=O)C(C)(C)NC(=O)C(Cc1ccc(C(=O)c2ccccc2)cc1)NC(=O)C(C)(C)NC(=O)C(Cc1ccc2ccccc2c1)NC(=O)C(C)(C)NC(=O)C(C)NC(=O)C(C)(C)N)C(=O)O.[B][B]. The molecule has 18 nitrogen and oxygen atoms in total. The molecule has 0 heterocycles. The Balaban J connectivity index is 0.00000657. The molecule has 0 aliphatic heterocycles. The minimum atomic E-state index is -1.77. The zero-order chi connectivity index (χ0) is 53.6. The monoisotopic (exact) mass is 970 g/mol. The first kappa shape index (κ1) is 58.0. The van der Waals surface area contributed by atoms with Crippen LogP contribution in [0.15, 0.2) is 97.1 Å². The van der Waals surface area contributed by atoms with E-state index in [1.54, 1.807) is 60.7 Å². The molecule has 4 unspecified atom stereocenters. The molecule has 0 fully saturated rings. The minimum absolute atomic E-state index is 0.0619. The molecule has 20 heteroatoms. The highest BCUT2D eigenvalue weighted by atomic mass is 16.4. The average molecular weight is 971 g/mol. The largest absolute Gasteiger partial charge is 0.480 e. The second kappa shape index (κ2) is 24.5. The Morgan fingerprint density at radius 2 is 0.887 bits per heavy atom. The van der Waals surface area contributed by atoms with Gasteiger partial charge in [0.1, 0.15) is 40.8 Å². The lowest BCUT2D eigenvalue weighted by molar-refractivity contribution is -0.142. The molecule has 0 aromatic heterocycles. The Kier molecular flexibility index (Phi) is 20.0. The van der Waals surface area contributed by atoms with Crippen LogP contribution in [0.2, 0.25) is 0 Å². The van der Waals surface area contributed by atoms with Gasteiger partial charge in [-0.15, -0.1) is 0 Å². The first-order valence-corrected chi connectivity index (χ1v) is 22.7. The van der Waals surface area contributed by atoms with Crippen LogP contribution in [-0.2, 0) is 51.2 Å². The third kappa shape index (κ3) is 16.7. The van der Waals surface area contributed by atoms with E-state index in [4.69, 9.17) is 5.73 Å². The highest BCUT2D eigenvalue weighted by Gasteiger charge is 2.40. The van der Waals surface area contributed by atoms with E-state index in [1.165, 1.54) is 69.2 Å². The summed E-state index contributed by atoms with van der Waals surface area (Å²) in [6.45, 7) is 14.0. The van der Waals surface area contributed by atoms with Crippen LogP contribution in [0, 0.1) is 0 Å². The third-order valence-corrected chi connectivity index (χ3v) is 11.2. The maximum atomic E-state index is 14.4. The molecule has 0 aliphatic carbocycles. The number of hydrogen-bond donors (Lipinski definition) is 9. The van der Waals surface area contributed by atoms with Crippen molar-refractivity contribution in [1.82, 2.24) is 37.2 Å². The molecule has 7 amide bonds. The highest BCUT2D eigenvalue weighted by molar-refractivity contribution is 6.75. The minimum Gasteiger partial charge on any atom is -0.480 e. The molecule has 0 saturated heterocycles. The van der Waals surface area contributed by atoms with Crippen molar-refractivity contribution in [3.8, 4) is 0 Å². The molecule has 0 saturated carbocycles. The third-order valence-electron chi connectivity index (χ3n) is 11.2. The number of ketones is 1. The van der Waals surface area contributed by atoms with Gasteiger partial charge in [0.25, 0.3) is 0 Å². The Labute approximate surface area is 417 Å². The topological polar surface area (TPSA) is 284 Å². The predicted molar refractivity (Wildman–Crippen MR) is 271 cm³/mol. The van der Waals surface area contributed by atoms with Crippen molar-refractivity contribution in [2.45, 2.75) is 128 Å². The van der Waals surface area contributed by atoms with Crippen LogP contribution >= 0.6 is 0 Å². The number of rotatable bonds is 21. The normalized spacial score (nSPS) is 13.3. The van der Waals surface area contributed by atoms with E-state index in [0.717, 1.165) is 10.8 Å². The van der Waals surface area contributed by atoms with Crippen LogP contribution in [0.5, 0.6) is 0 Å². The Morgan fingerprint density at radius 3 is 1.37 bits per heavy atom. The van der Waals surface area contributed by atoms with Gasteiger partial charge < -0.3 is 48.1 Å². The summed E-state index contributed by atoms with van der Waals surface area (Å²) in [4.78, 5) is 120. The molecular weight excluding hydrogens is 906 g/mol. The molecule has 374 valence electrons. The number of benzene rings is 4. The van der Waals surface area contributed by atoms with Crippen molar-refractivity contribution >= 4 is 79.3 Å². The fourth-order valence-electron chi connectivity index (χ4n) is 6.75. The second-order valence-electron chi connectivity index (χ2n) is 19.3. The van der Waals surface area contributed by atoms with Gasteiger partial charge >= 0.3 is 5.97 Å². The van der Waals surface area contributed by atoms with Crippen molar-refractivity contribution < 1.29 is 48.3 Å². The quantitative estimate of drug-likeness (QED) is 0.0427. The van der Waals surface area contributed by atoms with Gasteiger partial charge in [0, 0.05) is 39.4 Å². The molecule has 4 atom stereocenters. The van der Waals surface area contributed by atoms with Gasteiger partial charge in [-0.05, 0) is 91.1 Å². The summed E-state index contributed by atoms with van der Waals surface area (Å²) in [6.07, 6.45) is -0.216. The summed E-state index contributed by atoms with van der Waals surface area (Å²) < 4.78 is 0. The molecule has 10 N–H and O–H groups in total. The lowest BCUT2D eigenvalue weighted by Gasteiger charge is -2.33. The van der Waals surface area contributed by atoms with Gasteiger partial charge in [0.15, 0.2) is 5.78 Å². The van der Waals surface area contributed by atoms with Crippen molar-refractivity contribution in [2.24, 2.45) is 5.73 Å². The van der Waals surface area contributed by atoms with E-state index in [0.29, 0.717) is 22.3 Å². The van der Waals surface area contributed by atoms with Crippen molar-refractivity contribution in [3.63, 3.8) is 0 Å². The molecule has 0 spiro atoms. The second-order valence-corrected chi connectivity index (χ2v) is 19.3. The predicted octanol–water partition coefficient (Wildman–Crippen LogP) is 1.58. The zero-order valence-electron chi connectivity index (χ0n) is 41.8. The number of carbonyl (C=O) groups excluding carboxylic acids is 8. The van der Waals surface area contributed by atoms with Gasteiger partial charge in [0.2, 0.25) is 41.4 Å². The van der Waals surface area contributed by atoms with E-state index >= 15 is 0 Å². The Morgan fingerprint density at radius 1 is 0.493 bits per heavy atom. The number of nitrogens with two attached hydrogens (primary N) is 1. The van der Waals surface area contributed by atoms with Gasteiger partial charge in [0.05, 0.1) is 5.54 Å². The number of fused-ring (bicyclic) bond motifs is 1. The molecular formula is C51H64B2N8O10. The number of carbonyl (C=O) groups is 9. The van der Waals surface area contributed by atoms with E-state index < -0.39 is 93.6 Å². The average Bonchev–Trinajstić information content (AvgIpc) is 3.30. The maximum absolute atomic E-state index is 14.4. The molecule has 4 aromatic rings. The first-order chi connectivity index (χ1) is 33.0. The Hall–Kier alpha value is -7.34. The molecule has 4 aromatic carbocycles. The van der Waals surface area contributed by atoms with Crippen LogP contribution in [0.3, 0.4) is 0 Å². The zero-order valence-corrected chi connectivity index (χ0v) is 41.8. The fraction of sp³-hybridized carbons (Fsp3) is 0.392. The van der Waals surface area contributed by atoms with Gasteiger partial charge in [-0.1, -0.05) is 97.1 Å². The van der Waals surface area contributed by atoms with E-state index in [9.17, 15) is 48.3 Å². The fourth-order valence-corrected chi connectivity index (χ4v) is 6.75. The lowest BCUT2D eigenvalue weighted by Crippen LogP contribution is -2.65. The number of nitrogens with one attached hydrogen (secondary N) is 7. The molecule has 4 rings (SSSR count). The molecule has 0 bridgehead atoms. The van der Waals surface area contributed by atoms with Gasteiger partial charge in [-0.25, -0.2) is 0 Å². The van der Waals surface area contributed by atoms with E-state index in [1.807, 2.05) is 36.4 Å². The molecule has 71 heavy (non-hydrogen) atoms. The summed E-state index contributed by atoms with van der Waals surface area (Å²) in [5.74, 6) is -6.87. The van der Waals surface area contributed by atoms with Crippen LogP contribution in [0.1, 0.15) is 96.3 Å². The van der Waals surface area contributed by atoms with Crippen molar-refractivity contribution in [2.75, 3.05) is 0 Å². The lowest BCUT2D eigenvalue weighted by atomic mass is 9.81. The summed E-state index contributed by atoms with van der Waals surface area (Å²) in [5, 5.41) is 29.3. The summed E-state index contributed by atoms with van der Waals surface area (Å²) in [6, 6.07) is 23.0. The van der Waals surface area contributed by atoms with Gasteiger partial charge in [-0.3, -0.25) is 43.2 Å². The van der Waals surface area contributed by atoms with E-state index in [-0.39, 0.29) is 18.6 Å². The maximum Gasteiger partial charge on any atom is 0.325 e. The van der Waals surface area contributed by atoms with Crippen LogP contribution in [0.4, 0.5) is 0 Å². The number of carboxylic acid groups (broad SMARTS) is 1. The smallest absolute Gasteiger partial charge is 0.325 e. The number of amides is 7.